The Morgan fingerprint density at radius 1 is 1.29 bits per heavy atom. The quantitative estimate of drug-likeness (QED) is 0.683. The zero-order valence-corrected chi connectivity index (χ0v) is 12.0. The fraction of sp³-hybridized carbons (Fsp3) is 0.308. The van der Waals surface area contributed by atoms with Crippen LogP contribution >= 0.6 is 11.6 Å². The van der Waals surface area contributed by atoms with Gasteiger partial charge in [-0.1, -0.05) is 11.6 Å². The van der Waals surface area contributed by atoms with E-state index < -0.39 is 18.7 Å². The lowest BCUT2D eigenvalue weighted by atomic mass is 10.2. The Hall–Kier alpha value is -2.02. The lowest BCUT2D eigenvalue weighted by molar-refractivity contribution is 0.126. The SMILES string of the molecule is Cc1nc(Cl)c2cc3c(cc2n1)n(C)c(=O)n3CC(F)F. The number of aromatic nitrogens is 4. The van der Waals surface area contributed by atoms with Crippen LogP contribution in [0.3, 0.4) is 0 Å². The summed E-state index contributed by atoms with van der Waals surface area (Å²) in [5.41, 5.74) is 0.998. The van der Waals surface area contributed by atoms with E-state index in [0.717, 1.165) is 4.57 Å². The van der Waals surface area contributed by atoms with Crippen molar-refractivity contribution in [3.63, 3.8) is 0 Å². The summed E-state index contributed by atoms with van der Waals surface area (Å²) in [7, 11) is 1.54. The summed E-state index contributed by atoms with van der Waals surface area (Å²) < 4.78 is 27.7. The maximum Gasteiger partial charge on any atom is 0.329 e. The molecule has 0 spiro atoms. The van der Waals surface area contributed by atoms with Gasteiger partial charge in [0.2, 0.25) is 0 Å². The number of fused-ring (bicyclic) bond motifs is 2. The van der Waals surface area contributed by atoms with Crippen molar-refractivity contribution < 1.29 is 8.78 Å². The second-order valence-electron chi connectivity index (χ2n) is 4.76. The van der Waals surface area contributed by atoms with Gasteiger partial charge < -0.3 is 0 Å². The summed E-state index contributed by atoms with van der Waals surface area (Å²) in [5, 5.41) is 0.766. The predicted octanol–water partition coefficient (Wildman–Crippen LogP) is 2.51. The zero-order valence-electron chi connectivity index (χ0n) is 11.3. The lowest BCUT2D eigenvalue weighted by Crippen LogP contribution is -2.24. The highest BCUT2D eigenvalue weighted by Crippen LogP contribution is 2.26. The highest BCUT2D eigenvalue weighted by molar-refractivity contribution is 6.34. The molecule has 2 heterocycles. The Labute approximate surface area is 122 Å². The van der Waals surface area contributed by atoms with Crippen molar-refractivity contribution in [1.82, 2.24) is 19.1 Å². The van der Waals surface area contributed by atoms with Crippen molar-refractivity contribution in [1.29, 1.82) is 0 Å². The minimum Gasteiger partial charge on any atom is -0.295 e. The Balaban J connectivity index is 2.43. The molecule has 5 nitrogen and oxygen atoms in total. The van der Waals surface area contributed by atoms with Crippen LogP contribution in [0, 0.1) is 6.92 Å². The van der Waals surface area contributed by atoms with Gasteiger partial charge in [-0.15, -0.1) is 0 Å². The van der Waals surface area contributed by atoms with Crippen LogP contribution in [-0.4, -0.2) is 25.5 Å². The van der Waals surface area contributed by atoms with E-state index in [4.69, 9.17) is 11.6 Å². The molecule has 0 aliphatic heterocycles. The monoisotopic (exact) mass is 312 g/mol. The van der Waals surface area contributed by atoms with Gasteiger partial charge in [-0.3, -0.25) is 9.13 Å². The van der Waals surface area contributed by atoms with Gasteiger partial charge in [0.25, 0.3) is 6.43 Å². The van der Waals surface area contributed by atoms with E-state index in [-0.39, 0.29) is 5.15 Å². The summed E-state index contributed by atoms with van der Waals surface area (Å²) in [4.78, 5) is 20.4. The second kappa shape index (κ2) is 4.77. The first-order valence-corrected chi connectivity index (χ1v) is 6.57. The average molecular weight is 313 g/mol. The number of imidazole rings is 1. The molecule has 0 saturated carbocycles. The van der Waals surface area contributed by atoms with Gasteiger partial charge in [-0.05, 0) is 19.1 Å². The number of aryl methyl sites for hydroxylation is 2. The molecule has 0 saturated heterocycles. The fourth-order valence-corrected chi connectivity index (χ4v) is 2.69. The molecule has 0 amide bonds. The molecule has 1 aromatic carbocycles. The number of nitrogens with zero attached hydrogens (tertiary/aromatic N) is 4. The standard InChI is InChI=1S/C13H11ClF2N4O/c1-6-17-8-4-9-10(3-7(8)12(14)18-6)20(5-11(15)16)13(21)19(9)2/h3-4,11H,5H2,1-2H3. The largest absolute Gasteiger partial charge is 0.329 e. The Morgan fingerprint density at radius 2 is 2.00 bits per heavy atom. The van der Waals surface area contributed by atoms with E-state index in [2.05, 4.69) is 9.97 Å². The average Bonchev–Trinajstić information content (AvgIpc) is 2.62. The summed E-state index contributed by atoms with van der Waals surface area (Å²) >= 11 is 6.07. The molecule has 21 heavy (non-hydrogen) atoms. The number of hydrogen-bond donors (Lipinski definition) is 0. The third kappa shape index (κ3) is 2.17. The van der Waals surface area contributed by atoms with Gasteiger partial charge in [0.15, 0.2) is 0 Å². The van der Waals surface area contributed by atoms with Crippen molar-refractivity contribution in [2.75, 3.05) is 0 Å². The molecule has 0 radical (unpaired) electrons. The van der Waals surface area contributed by atoms with Crippen LogP contribution in [0.25, 0.3) is 21.9 Å². The summed E-state index contributed by atoms with van der Waals surface area (Å²) in [6.07, 6.45) is -2.62. The molecular formula is C13H11ClF2N4O. The minimum atomic E-state index is -2.62. The van der Waals surface area contributed by atoms with Crippen LogP contribution in [0.1, 0.15) is 5.82 Å². The lowest BCUT2D eigenvalue weighted by Gasteiger charge is -2.05. The van der Waals surface area contributed by atoms with Crippen molar-refractivity contribution in [3.05, 3.63) is 33.6 Å². The summed E-state index contributed by atoms with van der Waals surface area (Å²) in [6.45, 7) is 1.04. The van der Waals surface area contributed by atoms with Crippen LogP contribution < -0.4 is 5.69 Å². The summed E-state index contributed by atoms with van der Waals surface area (Å²) in [5.74, 6) is 0.504. The topological polar surface area (TPSA) is 52.7 Å². The molecule has 0 N–H and O–H groups in total. The maximum absolute atomic E-state index is 12.7. The van der Waals surface area contributed by atoms with Crippen LogP contribution in [0.15, 0.2) is 16.9 Å². The molecule has 0 unspecified atom stereocenters. The van der Waals surface area contributed by atoms with Gasteiger partial charge in [0, 0.05) is 12.4 Å². The molecule has 0 aliphatic rings. The molecule has 3 rings (SSSR count). The first-order chi connectivity index (χ1) is 9.88. The number of benzene rings is 1. The van der Waals surface area contributed by atoms with Crippen LogP contribution in [-0.2, 0) is 13.6 Å². The normalized spacial score (nSPS) is 11.9. The molecule has 0 bridgehead atoms. The van der Waals surface area contributed by atoms with E-state index in [9.17, 15) is 13.6 Å². The molecule has 8 heteroatoms. The van der Waals surface area contributed by atoms with Crippen molar-refractivity contribution in [3.8, 4) is 0 Å². The smallest absolute Gasteiger partial charge is 0.295 e. The first kappa shape index (κ1) is 13.9. The first-order valence-electron chi connectivity index (χ1n) is 6.19. The van der Waals surface area contributed by atoms with E-state index in [0.29, 0.717) is 27.8 Å². The van der Waals surface area contributed by atoms with E-state index in [1.807, 2.05) is 0 Å². The highest BCUT2D eigenvalue weighted by Gasteiger charge is 2.16. The van der Waals surface area contributed by atoms with Gasteiger partial charge in [0.1, 0.15) is 11.0 Å². The molecule has 110 valence electrons. The molecule has 0 fully saturated rings. The molecular weight excluding hydrogens is 302 g/mol. The van der Waals surface area contributed by atoms with Gasteiger partial charge in [-0.25, -0.2) is 23.5 Å². The van der Waals surface area contributed by atoms with Crippen molar-refractivity contribution >= 4 is 33.5 Å². The third-order valence-electron chi connectivity index (χ3n) is 3.35. The fourth-order valence-electron chi connectivity index (χ4n) is 2.41. The third-order valence-corrected chi connectivity index (χ3v) is 3.64. The number of halogens is 3. The summed E-state index contributed by atoms with van der Waals surface area (Å²) in [6, 6.07) is 3.24. The highest BCUT2D eigenvalue weighted by atomic mass is 35.5. The predicted molar refractivity (Wildman–Crippen MR) is 76.0 cm³/mol. The molecule has 2 aromatic heterocycles. The van der Waals surface area contributed by atoms with Crippen molar-refractivity contribution in [2.45, 2.75) is 19.9 Å². The van der Waals surface area contributed by atoms with Crippen LogP contribution in [0.2, 0.25) is 5.15 Å². The molecule has 0 atom stereocenters. The van der Waals surface area contributed by atoms with Crippen LogP contribution in [0.5, 0.6) is 0 Å². The van der Waals surface area contributed by atoms with E-state index in [1.54, 1.807) is 19.1 Å². The number of alkyl halides is 2. The second-order valence-corrected chi connectivity index (χ2v) is 5.12. The van der Waals surface area contributed by atoms with E-state index in [1.165, 1.54) is 11.6 Å². The van der Waals surface area contributed by atoms with E-state index >= 15 is 0 Å². The minimum absolute atomic E-state index is 0.235. The molecule has 3 aromatic rings. The van der Waals surface area contributed by atoms with Gasteiger partial charge >= 0.3 is 5.69 Å². The Kier molecular flexibility index (Phi) is 3.16. The number of hydrogen-bond acceptors (Lipinski definition) is 3. The van der Waals surface area contributed by atoms with Crippen LogP contribution in [0.4, 0.5) is 8.78 Å². The van der Waals surface area contributed by atoms with Gasteiger partial charge in [-0.2, -0.15) is 0 Å². The Bertz CT molecular complexity index is 916. The van der Waals surface area contributed by atoms with Crippen molar-refractivity contribution in [2.24, 2.45) is 7.05 Å². The zero-order chi connectivity index (χ0) is 15.3. The Morgan fingerprint density at radius 3 is 2.67 bits per heavy atom. The number of rotatable bonds is 2. The van der Waals surface area contributed by atoms with Gasteiger partial charge in [0.05, 0.1) is 23.1 Å². The molecule has 0 aliphatic carbocycles. The maximum atomic E-state index is 12.7.